The third-order valence-corrected chi connectivity index (χ3v) is 5.46. The molecule has 1 fully saturated rings. The maximum Gasteiger partial charge on any atom is 0.497 e. The van der Waals surface area contributed by atoms with Gasteiger partial charge in [0.2, 0.25) is 0 Å². The number of amides is 2. The normalized spacial score (nSPS) is 20.4. The van der Waals surface area contributed by atoms with E-state index in [2.05, 4.69) is 15.3 Å². The molecule has 2 heterocycles. The zero-order chi connectivity index (χ0) is 25.4. The molecule has 2 unspecified atom stereocenters. The van der Waals surface area contributed by atoms with Crippen LogP contribution in [0.15, 0.2) is 48.7 Å². The van der Waals surface area contributed by atoms with E-state index in [9.17, 15) is 27.6 Å². The minimum atomic E-state index is -5.14. The van der Waals surface area contributed by atoms with E-state index in [4.69, 9.17) is 10.5 Å². The van der Waals surface area contributed by atoms with Crippen LogP contribution in [0.5, 0.6) is 0 Å². The predicted molar refractivity (Wildman–Crippen MR) is 116 cm³/mol. The lowest BCUT2D eigenvalue weighted by Crippen LogP contribution is -2.59. The molecular weight excluding hydrogens is 471 g/mol. The number of alkyl halides is 3. The molecule has 0 bridgehead atoms. The van der Waals surface area contributed by atoms with Crippen LogP contribution in [0.3, 0.4) is 0 Å². The number of nitrogens with zero attached hydrogens (tertiary/aromatic N) is 3. The SMILES string of the molecule is C[N+]1(OC(=O)C(F)(F)F)CCOC(C(=O)Nc2ccc(-n3cc4cccc(C(N)=O)c4n3)cc2)C1. The molecule has 10 nitrogen and oxygen atoms in total. The fourth-order valence-corrected chi connectivity index (χ4v) is 3.67. The number of nitrogens with two attached hydrogens (primary N) is 1. The minimum Gasteiger partial charge on any atom is -0.366 e. The molecule has 1 aliphatic rings. The molecule has 184 valence electrons. The summed E-state index contributed by atoms with van der Waals surface area (Å²) < 4.78 is 43.9. The van der Waals surface area contributed by atoms with Crippen molar-refractivity contribution in [2.24, 2.45) is 5.73 Å². The van der Waals surface area contributed by atoms with Crippen molar-refractivity contribution in [1.29, 1.82) is 0 Å². The minimum absolute atomic E-state index is 0.0318. The number of aromatic nitrogens is 2. The average Bonchev–Trinajstić information content (AvgIpc) is 3.23. The number of quaternary nitrogens is 1. The molecule has 0 aliphatic carbocycles. The summed E-state index contributed by atoms with van der Waals surface area (Å²) in [5, 5.41) is 7.77. The van der Waals surface area contributed by atoms with Crippen molar-refractivity contribution in [2.75, 3.05) is 32.1 Å². The van der Waals surface area contributed by atoms with E-state index in [1.165, 1.54) is 7.05 Å². The number of nitrogens with one attached hydrogen (secondary N) is 1. The molecule has 2 atom stereocenters. The number of carbonyl (C=O) groups is 3. The Morgan fingerprint density at radius 3 is 2.57 bits per heavy atom. The first-order chi connectivity index (χ1) is 16.4. The fraction of sp³-hybridized carbons (Fsp3) is 0.273. The Morgan fingerprint density at radius 1 is 1.20 bits per heavy atom. The maximum atomic E-state index is 12.6. The van der Waals surface area contributed by atoms with E-state index in [0.29, 0.717) is 22.5 Å². The fourth-order valence-electron chi connectivity index (χ4n) is 3.67. The average molecular weight is 492 g/mol. The van der Waals surface area contributed by atoms with E-state index in [1.54, 1.807) is 53.3 Å². The summed E-state index contributed by atoms with van der Waals surface area (Å²) in [6.45, 7) is -0.386. The number of likely N-dealkylation sites (N-methyl/N-ethyl adjacent to an activating group) is 1. The third-order valence-electron chi connectivity index (χ3n) is 5.46. The summed E-state index contributed by atoms with van der Waals surface area (Å²) >= 11 is 0. The molecule has 0 spiro atoms. The van der Waals surface area contributed by atoms with Gasteiger partial charge in [0.25, 0.3) is 11.8 Å². The van der Waals surface area contributed by atoms with Gasteiger partial charge in [-0.05, 0) is 30.3 Å². The van der Waals surface area contributed by atoms with E-state index >= 15 is 0 Å². The third kappa shape index (κ3) is 5.25. The van der Waals surface area contributed by atoms with Crippen LogP contribution in [0, 0.1) is 0 Å². The van der Waals surface area contributed by atoms with Crippen LogP contribution in [0.25, 0.3) is 16.6 Å². The van der Waals surface area contributed by atoms with Crippen LogP contribution in [-0.2, 0) is 19.2 Å². The summed E-state index contributed by atoms with van der Waals surface area (Å²) in [6, 6.07) is 11.7. The van der Waals surface area contributed by atoms with Crippen molar-refractivity contribution >= 4 is 34.4 Å². The maximum absolute atomic E-state index is 12.6. The second-order valence-corrected chi connectivity index (χ2v) is 8.16. The van der Waals surface area contributed by atoms with Gasteiger partial charge in [-0.3, -0.25) is 14.4 Å². The Morgan fingerprint density at radius 2 is 1.91 bits per heavy atom. The molecule has 2 amide bonds. The van der Waals surface area contributed by atoms with Crippen molar-refractivity contribution in [2.45, 2.75) is 12.3 Å². The van der Waals surface area contributed by atoms with Crippen molar-refractivity contribution in [3.63, 3.8) is 0 Å². The molecule has 1 aromatic heterocycles. The van der Waals surface area contributed by atoms with Gasteiger partial charge in [0.1, 0.15) is 25.7 Å². The molecule has 35 heavy (non-hydrogen) atoms. The van der Waals surface area contributed by atoms with Crippen LogP contribution in [-0.4, -0.2) is 71.2 Å². The van der Waals surface area contributed by atoms with E-state index in [-0.39, 0.29) is 19.7 Å². The van der Waals surface area contributed by atoms with Gasteiger partial charge >= 0.3 is 12.1 Å². The number of hydrogen-bond donors (Lipinski definition) is 2. The number of halogens is 3. The number of ether oxygens (including phenoxy) is 1. The molecule has 1 saturated heterocycles. The summed E-state index contributed by atoms with van der Waals surface area (Å²) in [5.74, 6) is -3.52. The smallest absolute Gasteiger partial charge is 0.366 e. The van der Waals surface area contributed by atoms with Gasteiger partial charge in [-0.1, -0.05) is 12.1 Å². The molecule has 13 heteroatoms. The second kappa shape index (κ2) is 9.00. The highest BCUT2D eigenvalue weighted by Crippen LogP contribution is 2.23. The van der Waals surface area contributed by atoms with Crippen LogP contribution >= 0.6 is 0 Å². The molecule has 1 aliphatic heterocycles. The lowest BCUT2D eigenvalue weighted by Gasteiger charge is -2.36. The largest absolute Gasteiger partial charge is 0.497 e. The van der Waals surface area contributed by atoms with Crippen molar-refractivity contribution in [3.8, 4) is 5.69 Å². The highest BCUT2D eigenvalue weighted by Gasteiger charge is 2.49. The van der Waals surface area contributed by atoms with Crippen LogP contribution in [0.4, 0.5) is 18.9 Å². The topological polar surface area (TPSA) is 126 Å². The number of fused-ring (bicyclic) bond motifs is 1. The molecular formula is C22H21F3N5O5+. The summed E-state index contributed by atoms with van der Waals surface area (Å²) in [4.78, 5) is 40.1. The quantitative estimate of drug-likeness (QED) is 0.525. The first-order valence-electron chi connectivity index (χ1n) is 10.4. The van der Waals surface area contributed by atoms with Gasteiger partial charge in [-0.2, -0.15) is 18.3 Å². The molecule has 2 aromatic carbocycles. The van der Waals surface area contributed by atoms with E-state index in [1.807, 2.05) is 0 Å². The summed E-state index contributed by atoms with van der Waals surface area (Å²) in [5.41, 5.74) is 7.21. The number of primary amides is 1. The van der Waals surface area contributed by atoms with E-state index < -0.39 is 34.7 Å². The summed E-state index contributed by atoms with van der Waals surface area (Å²) in [6.07, 6.45) is -4.54. The standard InChI is InChI=1S/C22H20F3N5O5/c1-30(35-21(33)22(23,24)25)9-10-34-17(12-30)20(32)27-14-5-7-15(8-6-14)29-11-13-3-2-4-16(19(26)31)18(13)28-29/h2-8,11,17H,9-10,12H2,1H3,(H2-,26,27,31,32)/p+1. The van der Waals surface area contributed by atoms with Gasteiger partial charge in [-0.15, -0.1) is 4.65 Å². The molecule has 3 aromatic rings. The zero-order valence-corrected chi connectivity index (χ0v) is 18.4. The molecule has 0 saturated carbocycles. The van der Waals surface area contributed by atoms with Gasteiger partial charge in [0.15, 0.2) is 12.6 Å². The van der Waals surface area contributed by atoms with Crippen LogP contribution < -0.4 is 11.1 Å². The Labute approximate surface area is 196 Å². The van der Waals surface area contributed by atoms with Crippen molar-refractivity contribution in [3.05, 3.63) is 54.2 Å². The first-order valence-corrected chi connectivity index (χ1v) is 10.4. The van der Waals surface area contributed by atoms with Crippen molar-refractivity contribution < 1.29 is 41.8 Å². The zero-order valence-electron chi connectivity index (χ0n) is 18.4. The highest BCUT2D eigenvalue weighted by atomic mass is 19.4. The molecule has 0 radical (unpaired) electrons. The number of hydrogen-bond acceptors (Lipinski definition) is 6. The molecule has 4 rings (SSSR count). The lowest BCUT2D eigenvalue weighted by molar-refractivity contribution is -1.08. The predicted octanol–water partition coefficient (Wildman–Crippen LogP) is 1.93. The van der Waals surface area contributed by atoms with Gasteiger partial charge in [-0.25, -0.2) is 9.48 Å². The second-order valence-electron chi connectivity index (χ2n) is 8.16. The van der Waals surface area contributed by atoms with Gasteiger partial charge in [0.05, 0.1) is 11.3 Å². The number of rotatable bonds is 5. The number of anilines is 1. The Hall–Kier alpha value is -3.97. The van der Waals surface area contributed by atoms with Crippen LogP contribution in [0.1, 0.15) is 10.4 Å². The molecule has 3 N–H and O–H groups in total. The van der Waals surface area contributed by atoms with E-state index in [0.717, 1.165) is 5.39 Å². The lowest BCUT2D eigenvalue weighted by atomic mass is 10.1. The summed E-state index contributed by atoms with van der Waals surface area (Å²) in [7, 11) is 1.28. The first kappa shape index (κ1) is 24.2. The highest BCUT2D eigenvalue weighted by molar-refractivity contribution is 6.04. The van der Waals surface area contributed by atoms with Gasteiger partial charge in [0, 0.05) is 17.3 Å². The Bertz CT molecular complexity index is 1290. The Kier molecular flexibility index (Phi) is 6.21. The van der Waals surface area contributed by atoms with Crippen LogP contribution in [0.2, 0.25) is 0 Å². The monoisotopic (exact) mass is 492 g/mol. The number of morpholine rings is 1. The van der Waals surface area contributed by atoms with Crippen molar-refractivity contribution in [1.82, 2.24) is 9.78 Å². The number of carbonyl (C=O) groups excluding carboxylic acids is 3. The number of benzene rings is 2. The Balaban J connectivity index is 1.44. The number of hydroxylamine groups is 3. The van der Waals surface area contributed by atoms with Gasteiger partial charge < -0.3 is 15.8 Å².